The van der Waals surface area contributed by atoms with Gasteiger partial charge >= 0.3 is 5.97 Å². The first kappa shape index (κ1) is 14.4. The van der Waals surface area contributed by atoms with Crippen LogP contribution in [0.2, 0.25) is 5.02 Å². The number of halogens is 1. The fourth-order valence-electron chi connectivity index (χ4n) is 3.00. The molecule has 1 aromatic carbocycles. The summed E-state index contributed by atoms with van der Waals surface area (Å²) in [6, 6.07) is 8.12. The van der Waals surface area contributed by atoms with Crippen molar-refractivity contribution in [3.05, 3.63) is 34.9 Å². The van der Waals surface area contributed by atoms with Gasteiger partial charge in [-0.2, -0.15) is 0 Å². The highest BCUT2D eigenvalue weighted by Crippen LogP contribution is 2.33. The maximum Gasteiger partial charge on any atom is 0.308 e. The van der Waals surface area contributed by atoms with E-state index in [2.05, 4.69) is 17.9 Å². The van der Waals surface area contributed by atoms with Crippen LogP contribution < -0.4 is 0 Å². The standard InChI is InChI=1S/C15H20ClNO2/c1-3-14(11-5-4-6-12(16)7-11)17-8-10(2)13(9-17)15(18)19/h4-7,10,13-14H,3,8-9H2,1-2H3,(H,18,19)/t10-,13-,14?/m1/s1. The summed E-state index contributed by atoms with van der Waals surface area (Å²) in [4.78, 5) is 13.5. The van der Waals surface area contributed by atoms with Crippen molar-refractivity contribution in [2.24, 2.45) is 11.8 Å². The number of hydrogen-bond donors (Lipinski definition) is 1. The van der Waals surface area contributed by atoms with E-state index in [-0.39, 0.29) is 17.9 Å². The third-order valence-corrected chi connectivity index (χ3v) is 4.25. The van der Waals surface area contributed by atoms with E-state index in [4.69, 9.17) is 11.6 Å². The van der Waals surface area contributed by atoms with Gasteiger partial charge in [0.25, 0.3) is 0 Å². The molecule has 104 valence electrons. The van der Waals surface area contributed by atoms with Crippen LogP contribution in [-0.4, -0.2) is 29.1 Å². The highest BCUT2D eigenvalue weighted by molar-refractivity contribution is 6.30. The lowest BCUT2D eigenvalue weighted by molar-refractivity contribution is -0.142. The Bertz CT molecular complexity index is 463. The second kappa shape index (κ2) is 5.93. The first-order valence-corrected chi connectivity index (χ1v) is 7.13. The van der Waals surface area contributed by atoms with Crippen molar-refractivity contribution in [3.8, 4) is 0 Å². The molecule has 0 radical (unpaired) electrons. The molecule has 1 aliphatic heterocycles. The number of benzene rings is 1. The molecule has 2 rings (SSSR count). The molecule has 1 heterocycles. The van der Waals surface area contributed by atoms with E-state index in [9.17, 15) is 9.90 Å². The van der Waals surface area contributed by atoms with Gasteiger partial charge in [0.1, 0.15) is 0 Å². The van der Waals surface area contributed by atoms with Gasteiger partial charge in [-0.3, -0.25) is 9.69 Å². The molecule has 4 heteroatoms. The number of nitrogens with zero attached hydrogens (tertiary/aromatic N) is 1. The molecule has 0 aliphatic carbocycles. The lowest BCUT2D eigenvalue weighted by Crippen LogP contribution is -2.27. The van der Waals surface area contributed by atoms with Crippen LogP contribution in [0.4, 0.5) is 0 Å². The van der Waals surface area contributed by atoms with E-state index in [0.29, 0.717) is 6.54 Å². The molecule has 1 unspecified atom stereocenters. The minimum absolute atomic E-state index is 0.200. The lowest BCUT2D eigenvalue weighted by atomic mass is 9.99. The Hall–Kier alpha value is -1.06. The Labute approximate surface area is 119 Å². The predicted molar refractivity (Wildman–Crippen MR) is 76.3 cm³/mol. The van der Waals surface area contributed by atoms with Crippen molar-refractivity contribution < 1.29 is 9.90 Å². The summed E-state index contributed by atoms with van der Waals surface area (Å²) < 4.78 is 0. The van der Waals surface area contributed by atoms with E-state index in [1.165, 1.54) is 5.56 Å². The Morgan fingerprint density at radius 1 is 1.53 bits per heavy atom. The van der Waals surface area contributed by atoms with Gasteiger partial charge in [0.15, 0.2) is 0 Å². The first-order chi connectivity index (χ1) is 9.02. The summed E-state index contributed by atoms with van der Waals surface area (Å²) in [6.45, 7) is 5.61. The van der Waals surface area contributed by atoms with E-state index >= 15 is 0 Å². The van der Waals surface area contributed by atoms with Gasteiger partial charge in [-0.05, 0) is 30.0 Å². The van der Waals surface area contributed by atoms with Crippen LogP contribution in [0, 0.1) is 11.8 Å². The van der Waals surface area contributed by atoms with Crippen LogP contribution in [-0.2, 0) is 4.79 Å². The molecular weight excluding hydrogens is 262 g/mol. The molecule has 0 bridgehead atoms. The number of hydrogen-bond acceptors (Lipinski definition) is 2. The summed E-state index contributed by atoms with van der Waals surface area (Å²) >= 11 is 6.05. The van der Waals surface area contributed by atoms with Gasteiger partial charge < -0.3 is 5.11 Å². The largest absolute Gasteiger partial charge is 0.481 e. The zero-order valence-electron chi connectivity index (χ0n) is 11.3. The van der Waals surface area contributed by atoms with Gasteiger partial charge in [0.2, 0.25) is 0 Å². The Morgan fingerprint density at radius 3 is 2.79 bits per heavy atom. The molecule has 1 aliphatic rings. The maximum atomic E-state index is 11.2. The van der Waals surface area contributed by atoms with Crippen LogP contribution >= 0.6 is 11.6 Å². The third-order valence-electron chi connectivity index (χ3n) is 4.02. The topological polar surface area (TPSA) is 40.5 Å². The van der Waals surface area contributed by atoms with Gasteiger partial charge in [0, 0.05) is 24.2 Å². The van der Waals surface area contributed by atoms with Crippen LogP contribution in [0.15, 0.2) is 24.3 Å². The minimum atomic E-state index is -0.684. The molecular formula is C15H20ClNO2. The Balaban J connectivity index is 2.18. The number of rotatable bonds is 4. The fourth-order valence-corrected chi connectivity index (χ4v) is 3.20. The zero-order valence-corrected chi connectivity index (χ0v) is 12.1. The summed E-state index contributed by atoms with van der Waals surface area (Å²) in [5, 5.41) is 9.96. The second-order valence-electron chi connectivity index (χ2n) is 5.35. The zero-order chi connectivity index (χ0) is 14.0. The van der Waals surface area contributed by atoms with E-state index in [1.54, 1.807) is 0 Å². The molecule has 0 amide bonds. The van der Waals surface area contributed by atoms with Crippen molar-refractivity contribution in [1.82, 2.24) is 4.90 Å². The summed E-state index contributed by atoms with van der Waals surface area (Å²) in [6.07, 6.45) is 0.958. The molecule has 1 N–H and O–H groups in total. The highest BCUT2D eigenvalue weighted by atomic mass is 35.5. The molecule has 0 saturated carbocycles. The van der Waals surface area contributed by atoms with Gasteiger partial charge in [-0.1, -0.05) is 37.6 Å². The quantitative estimate of drug-likeness (QED) is 0.919. The number of likely N-dealkylation sites (tertiary alicyclic amines) is 1. The Kier molecular flexibility index (Phi) is 4.48. The van der Waals surface area contributed by atoms with Crippen molar-refractivity contribution >= 4 is 17.6 Å². The molecule has 3 nitrogen and oxygen atoms in total. The number of carbonyl (C=O) groups is 1. The van der Waals surface area contributed by atoms with Crippen molar-refractivity contribution in [1.29, 1.82) is 0 Å². The average molecular weight is 282 g/mol. The molecule has 1 saturated heterocycles. The van der Waals surface area contributed by atoms with Crippen molar-refractivity contribution in [3.63, 3.8) is 0 Å². The molecule has 19 heavy (non-hydrogen) atoms. The lowest BCUT2D eigenvalue weighted by Gasteiger charge is -2.27. The first-order valence-electron chi connectivity index (χ1n) is 6.75. The second-order valence-corrected chi connectivity index (χ2v) is 5.79. The molecule has 3 atom stereocenters. The number of aliphatic carboxylic acids is 1. The van der Waals surface area contributed by atoms with Gasteiger partial charge in [-0.15, -0.1) is 0 Å². The molecule has 1 fully saturated rings. The van der Waals surface area contributed by atoms with Crippen molar-refractivity contribution in [2.45, 2.75) is 26.3 Å². The molecule has 1 aromatic rings. The van der Waals surface area contributed by atoms with E-state index in [0.717, 1.165) is 18.0 Å². The van der Waals surface area contributed by atoms with E-state index < -0.39 is 5.97 Å². The SMILES string of the molecule is CCC(c1cccc(Cl)c1)N1C[C@@H](C)[C@H](C(=O)O)C1. The van der Waals surface area contributed by atoms with Crippen LogP contribution in [0.25, 0.3) is 0 Å². The number of carboxylic acids is 1. The highest BCUT2D eigenvalue weighted by Gasteiger charge is 2.37. The Morgan fingerprint density at radius 2 is 2.26 bits per heavy atom. The molecule has 0 aromatic heterocycles. The smallest absolute Gasteiger partial charge is 0.308 e. The fraction of sp³-hybridized carbons (Fsp3) is 0.533. The van der Waals surface area contributed by atoms with Gasteiger partial charge in [0.05, 0.1) is 5.92 Å². The minimum Gasteiger partial charge on any atom is -0.481 e. The van der Waals surface area contributed by atoms with Crippen molar-refractivity contribution in [2.75, 3.05) is 13.1 Å². The normalized spacial score (nSPS) is 25.4. The summed E-state index contributed by atoms with van der Waals surface area (Å²) in [5.74, 6) is -0.741. The summed E-state index contributed by atoms with van der Waals surface area (Å²) in [5.41, 5.74) is 1.17. The number of carboxylic acid groups (broad SMARTS) is 1. The van der Waals surface area contributed by atoms with Crippen LogP contribution in [0.3, 0.4) is 0 Å². The third kappa shape index (κ3) is 3.10. The monoisotopic (exact) mass is 281 g/mol. The predicted octanol–water partition coefficient (Wildman–Crippen LogP) is 3.44. The van der Waals surface area contributed by atoms with Gasteiger partial charge in [-0.25, -0.2) is 0 Å². The molecule has 0 spiro atoms. The maximum absolute atomic E-state index is 11.2. The van der Waals surface area contributed by atoms with Crippen LogP contribution in [0.5, 0.6) is 0 Å². The van der Waals surface area contributed by atoms with Crippen LogP contribution in [0.1, 0.15) is 31.9 Å². The summed E-state index contributed by atoms with van der Waals surface area (Å²) in [7, 11) is 0. The average Bonchev–Trinajstić information content (AvgIpc) is 2.72. The van der Waals surface area contributed by atoms with E-state index in [1.807, 2.05) is 25.1 Å².